The topological polar surface area (TPSA) is 104 Å². The first kappa shape index (κ1) is 15.1. The number of nitrogens with one attached hydrogen (secondary N) is 1. The van der Waals surface area contributed by atoms with Crippen molar-refractivity contribution < 1.29 is 14.6 Å². The van der Waals surface area contributed by atoms with Gasteiger partial charge in [-0.05, 0) is 24.6 Å². The zero-order chi connectivity index (χ0) is 15.5. The highest BCUT2D eigenvalue weighted by Gasteiger charge is 2.20. The summed E-state index contributed by atoms with van der Waals surface area (Å²) in [5.74, 6) is 0.0420. The van der Waals surface area contributed by atoms with E-state index in [4.69, 9.17) is 21.1 Å². The Labute approximate surface area is 131 Å². The lowest BCUT2D eigenvalue weighted by molar-refractivity contribution is 0.170. The molecule has 0 spiro atoms. The van der Waals surface area contributed by atoms with Gasteiger partial charge in [0.25, 0.3) is 0 Å². The molecule has 2 aromatic rings. The minimum absolute atomic E-state index is 0.00394. The van der Waals surface area contributed by atoms with Crippen LogP contribution in [0.4, 0.5) is 0 Å². The van der Waals surface area contributed by atoms with Crippen molar-refractivity contribution in [3.8, 4) is 0 Å². The molecule has 0 saturated carbocycles. The van der Waals surface area contributed by atoms with E-state index in [0.717, 1.165) is 30.8 Å². The number of hydrogen-bond donors (Lipinski definition) is 3. The summed E-state index contributed by atoms with van der Waals surface area (Å²) in [6.45, 7) is 1.31. The third-order valence-electron chi connectivity index (χ3n) is 3.40. The molecule has 1 unspecified atom stereocenters. The summed E-state index contributed by atoms with van der Waals surface area (Å²) in [4.78, 5) is 4.35. The fourth-order valence-electron chi connectivity index (χ4n) is 2.26. The molecule has 0 radical (unpaired) electrons. The third-order valence-corrected chi connectivity index (χ3v) is 3.69. The number of aliphatic hydroxyl groups is 2. The Kier molecular flexibility index (Phi) is 4.49. The van der Waals surface area contributed by atoms with Crippen LogP contribution in [-0.4, -0.2) is 38.5 Å². The summed E-state index contributed by atoms with van der Waals surface area (Å²) in [7, 11) is 0. The summed E-state index contributed by atoms with van der Waals surface area (Å²) < 4.78 is 5.12. The van der Waals surface area contributed by atoms with Crippen molar-refractivity contribution in [1.29, 1.82) is 0 Å². The molecule has 1 aliphatic rings. The summed E-state index contributed by atoms with van der Waals surface area (Å²) >= 11 is 6.29. The van der Waals surface area contributed by atoms with Crippen LogP contribution in [0.2, 0.25) is 5.02 Å². The number of rotatable bonds is 4. The smallest absolute Gasteiger partial charge is 0.249 e. The van der Waals surface area contributed by atoms with Gasteiger partial charge in [0.05, 0.1) is 10.7 Å². The van der Waals surface area contributed by atoms with Gasteiger partial charge in [0.1, 0.15) is 6.61 Å². The van der Waals surface area contributed by atoms with Crippen molar-refractivity contribution in [1.82, 2.24) is 20.5 Å². The Balaban J connectivity index is 1.86. The van der Waals surface area contributed by atoms with Gasteiger partial charge in [0, 0.05) is 18.3 Å². The molecule has 0 bridgehead atoms. The monoisotopic (exact) mass is 322 g/mol. The van der Waals surface area contributed by atoms with Crippen LogP contribution in [0.15, 0.2) is 22.8 Å². The molecule has 3 N–H and O–H groups in total. The molecular weight excluding hydrogens is 308 g/mol. The normalized spacial score (nSPS) is 16.4. The first-order chi connectivity index (χ1) is 10.7. The van der Waals surface area contributed by atoms with Crippen LogP contribution >= 0.6 is 11.6 Å². The molecule has 0 saturated heterocycles. The van der Waals surface area contributed by atoms with Crippen molar-refractivity contribution in [2.75, 3.05) is 13.1 Å². The fraction of sp³-hybridized carbons (Fsp3) is 0.357. The van der Waals surface area contributed by atoms with E-state index >= 15 is 0 Å². The van der Waals surface area contributed by atoms with Gasteiger partial charge >= 0.3 is 0 Å². The average molecular weight is 323 g/mol. The van der Waals surface area contributed by atoms with Gasteiger partial charge in [-0.25, -0.2) is 0 Å². The first-order valence-electron chi connectivity index (χ1n) is 6.86. The minimum Gasteiger partial charge on any atom is -0.420 e. The molecule has 1 aliphatic heterocycles. The van der Waals surface area contributed by atoms with Crippen molar-refractivity contribution in [2.24, 2.45) is 0 Å². The van der Waals surface area contributed by atoms with Crippen LogP contribution in [0.25, 0.3) is 5.57 Å². The second-order valence-corrected chi connectivity index (χ2v) is 5.28. The van der Waals surface area contributed by atoms with Gasteiger partial charge in [-0.1, -0.05) is 17.7 Å². The summed E-state index contributed by atoms with van der Waals surface area (Å²) in [5, 5.41) is 30.1. The van der Waals surface area contributed by atoms with Crippen molar-refractivity contribution in [3.05, 3.63) is 46.4 Å². The lowest BCUT2D eigenvalue weighted by Crippen LogP contribution is -2.20. The van der Waals surface area contributed by atoms with E-state index in [2.05, 4.69) is 26.6 Å². The van der Waals surface area contributed by atoms with Gasteiger partial charge in [0.2, 0.25) is 11.8 Å². The highest BCUT2D eigenvalue weighted by molar-refractivity contribution is 6.32. The molecule has 0 fully saturated rings. The Morgan fingerprint density at radius 3 is 2.91 bits per heavy atom. The van der Waals surface area contributed by atoms with E-state index < -0.39 is 6.10 Å². The maximum atomic E-state index is 10.2. The van der Waals surface area contributed by atoms with E-state index in [1.807, 2.05) is 0 Å². The fourth-order valence-corrected chi connectivity index (χ4v) is 2.56. The van der Waals surface area contributed by atoms with Crippen molar-refractivity contribution in [3.63, 3.8) is 0 Å². The van der Waals surface area contributed by atoms with E-state index in [1.54, 1.807) is 6.07 Å². The number of nitrogens with zero attached hydrogens (tertiary/aromatic N) is 3. The lowest BCUT2D eigenvalue weighted by atomic mass is 10.0. The first-order valence-corrected chi connectivity index (χ1v) is 7.23. The predicted octanol–water partition coefficient (Wildman–Crippen LogP) is 1.07. The molecule has 116 valence electrons. The second kappa shape index (κ2) is 6.53. The largest absolute Gasteiger partial charge is 0.420 e. The Morgan fingerprint density at radius 2 is 2.27 bits per heavy atom. The van der Waals surface area contributed by atoms with Crippen LogP contribution in [0.3, 0.4) is 0 Å². The molecule has 0 aliphatic carbocycles. The number of aliphatic hydroxyl groups excluding tert-OH is 2. The molecular formula is C14H15ClN4O3. The minimum atomic E-state index is -1.13. The molecule has 0 amide bonds. The molecule has 1 atom stereocenters. The second-order valence-electron chi connectivity index (χ2n) is 4.88. The number of pyridine rings is 1. The standard InChI is InChI=1S/C14H15ClN4O3/c15-10-5-9(13(21)14-19-18-11(7-20)22-14)6-17-12(10)8-1-3-16-4-2-8/h1,5-6,13,16,20-21H,2-4,7H2. The summed E-state index contributed by atoms with van der Waals surface area (Å²) in [6.07, 6.45) is 3.32. The molecule has 7 nitrogen and oxygen atoms in total. The van der Waals surface area contributed by atoms with E-state index in [-0.39, 0.29) is 18.4 Å². The zero-order valence-electron chi connectivity index (χ0n) is 11.7. The maximum absolute atomic E-state index is 10.2. The molecule has 3 heterocycles. The average Bonchev–Trinajstić information content (AvgIpc) is 3.04. The maximum Gasteiger partial charge on any atom is 0.249 e. The summed E-state index contributed by atoms with van der Waals surface area (Å²) in [6, 6.07) is 1.64. The van der Waals surface area contributed by atoms with Gasteiger partial charge in [0.15, 0.2) is 6.10 Å². The Morgan fingerprint density at radius 1 is 1.41 bits per heavy atom. The van der Waals surface area contributed by atoms with Gasteiger partial charge < -0.3 is 19.9 Å². The number of halogens is 1. The summed E-state index contributed by atoms with van der Waals surface area (Å²) in [5.41, 5.74) is 2.27. The van der Waals surface area contributed by atoms with E-state index in [9.17, 15) is 5.11 Å². The van der Waals surface area contributed by atoms with Crippen LogP contribution in [0.1, 0.15) is 35.6 Å². The predicted molar refractivity (Wildman–Crippen MR) is 79.0 cm³/mol. The van der Waals surface area contributed by atoms with Gasteiger partial charge in [-0.3, -0.25) is 4.98 Å². The molecule has 8 heteroatoms. The lowest BCUT2D eigenvalue weighted by Gasteiger charge is -2.15. The molecule has 0 aromatic carbocycles. The molecule has 2 aromatic heterocycles. The van der Waals surface area contributed by atoms with Crippen molar-refractivity contribution in [2.45, 2.75) is 19.1 Å². The zero-order valence-corrected chi connectivity index (χ0v) is 12.4. The SMILES string of the molecule is OCc1nnc(C(O)c2cnc(C3=CCNCC3)c(Cl)c2)o1. The molecule has 3 rings (SSSR count). The van der Waals surface area contributed by atoms with Crippen LogP contribution in [-0.2, 0) is 6.61 Å². The third kappa shape index (κ3) is 3.02. The van der Waals surface area contributed by atoms with Crippen LogP contribution < -0.4 is 5.32 Å². The van der Waals surface area contributed by atoms with E-state index in [0.29, 0.717) is 10.6 Å². The Bertz CT molecular complexity index is 701. The number of aromatic nitrogens is 3. The molecule has 22 heavy (non-hydrogen) atoms. The van der Waals surface area contributed by atoms with E-state index in [1.165, 1.54) is 6.20 Å². The van der Waals surface area contributed by atoms with Gasteiger partial charge in [-0.2, -0.15) is 0 Å². The quantitative estimate of drug-likeness (QED) is 0.773. The Hall–Kier alpha value is -1.80. The number of hydrogen-bond acceptors (Lipinski definition) is 7. The highest BCUT2D eigenvalue weighted by Crippen LogP contribution is 2.29. The van der Waals surface area contributed by atoms with Gasteiger partial charge in [-0.15, -0.1) is 10.2 Å². The van der Waals surface area contributed by atoms with Crippen molar-refractivity contribution >= 4 is 17.2 Å². The van der Waals surface area contributed by atoms with Crippen LogP contribution in [0, 0.1) is 0 Å². The highest BCUT2D eigenvalue weighted by atomic mass is 35.5. The van der Waals surface area contributed by atoms with Crippen LogP contribution in [0.5, 0.6) is 0 Å².